The summed E-state index contributed by atoms with van der Waals surface area (Å²) in [6, 6.07) is 7.44. The summed E-state index contributed by atoms with van der Waals surface area (Å²) in [5.74, 6) is 0. The van der Waals surface area contributed by atoms with E-state index in [9.17, 15) is 18.4 Å². The lowest BCUT2D eigenvalue weighted by Crippen LogP contribution is -2.42. The van der Waals surface area contributed by atoms with Crippen molar-refractivity contribution in [3.63, 3.8) is 0 Å². The van der Waals surface area contributed by atoms with Crippen LogP contribution in [0, 0.1) is 32.1 Å². The molecule has 0 saturated carbocycles. The van der Waals surface area contributed by atoms with Crippen molar-refractivity contribution in [2.24, 2.45) is 0 Å². The van der Waals surface area contributed by atoms with Crippen LogP contribution < -0.4 is 4.72 Å². The first kappa shape index (κ1) is 20.2. The molecule has 1 unspecified atom stereocenters. The Bertz CT molecular complexity index is 1030. The molecule has 2 aromatic heterocycles. The molecule has 1 aromatic carbocycles. The zero-order valence-corrected chi connectivity index (χ0v) is 16.4. The average Bonchev–Trinajstić information content (AvgIpc) is 2.97. The van der Waals surface area contributed by atoms with E-state index < -0.39 is 12.2 Å². The van der Waals surface area contributed by atoms with Crippen molar-refractivity contribution in [2.45, 2.75) is 44.4 Å². The Morgan fingerprint density at radius 1 is 1.25 bits per heavy atom. The van der Waals surface area contributed by atoms with Gasteiger partial charge in [-0.25, -0.2) is 9.71 Å². The van der Waals surface area contributed by atoms with E-state index in [1.54, 1.807) is 12.1 Å². The number of aromatic nitrogens is 2. The van der Waals surface area contributed by atoms with Gasteiger partial charge in [-0.15, -0.1) is 0 Å². The molecule has 1 N–H and O–H groups in total. The van der Waals surface area contributed by atoms with Crippen LogP contribution in [0.3, 0.4) is 0 Å². The minimum absolute atomic E-state index is 0.307. The summed E-state index contributed by atoms with van der Waals surface area (Å²) in [6.07, 6.45) is -1.54. The highest BCUT2D eigenvalue weighted by molar-refractivity contribution is 7.97. The fourth-order valence-corrected chi connectivity index (χ4v) is 4.12. The van der Waals surface area contributed by atoms with Crippen LogP contribution in [-0.2, 0) is 6.54 Å². The topological polar surface area (TPSA) is 53.6 Å². The van der Waals surface area contributed by atoms with Gasteiger partial charge in [0.05, 0.1) is 5.56 Å². The van der Waals surface area contributed by atoms with Gasteiger partial charge in [-0.05, 0) is 56.0 Å². The Kier molecular flexibility index (Phi) is 5.68. The summed E-state index contributed by atoms with van der Waals surface area (Å²) in [4.78, 5) is 4.94. The number of nitrogens with zero attached hydrogens (tertiary/aromatic N) is 3. The van der Waals surface area contributed by atoms with Crippen LogP contribution in [0.5, 0.6) is 0 Å². The number of aryl methyl sites for hydroxylation is 3. The molecule has 0 amide bonds. The zero-order chi connectivity index (χ0) is 20.5. The summed E-state index contributed by atoms with van der Waals surface area (Å²) in [6.45, 7) is 5.34. The molecular formula is C20H19F3N4S. The van der Waals surface area contributed by atoms with Crippen molar-refractivity contribution in [1.29, 1.82) is 5.26 Å². The largest absolute Gasteiger partial charge is 0.406 e. The van der Waals surface area contributed by atoms with Crippen LogP contribution in [0.4, 0.5) is 13.2 Å². The van der Waals surface area contributed by atoms with Crippen LogP contribution in [0.1, 0.15) is 22.3 Å². The number of hydrogen-bond donors (Lipinski definition) is 1. The molecule has 0 saturated heterocycles. The van der Waals surface area contributed by atoms with Crippen molar-refractivity contribution < 1.29 is 13.2 Å². The van der Waals surface area contributed by atoms with E-state index in [1.807, 2.05) is 39.0 Å². The second-order valence-electron chi connectivity index (χ2n) is 6.72. The van der Waals surface area contributed by atoms with Crippen LogP contribution >= 0.6 is 11.9 Å². The van der Waals surface area contributed by atoms with E-state index in [-0.39, 0.29) is 6.54 Å². The minimum Gasteiger partial charge on any atom is -0.329 e. The molecule has 3 aromatic rings. The number of nitrogens with one attached hydrogen (secondary N) is 1. The normalized spacial score (nSPS) is 12.9. The van der Waals surface area contributed by atoms with Crippen molar-refractivity contribution in [1.82, 2.24) is 14.3 Å². The van der Waals surface area contributed by atoms with Gasteiger partial charge < -0.3 is 4.57 Å². The lowest BCUT2D eigenvalue weighted by molar-refractivity contribution is -0.153. The third-order valence-electron chi connectivity index (χ3n) is 4.44. The van der Waals surface area contributed by atoms with Crippen molar-refractivity contribution in [2.75, 3.05) is 0 Å². The summed E-state index contributed by atoms with van der Waals surface area (Å²) in [5, 5.41) is 9.79. The molecular weight excluding hydrogens is 385 g/mol. The number of halogens is 3. The quantitative estimate of drug-likeness (QED) is 0.604. The Morgan fingerprint density at radius 3 is 2.54 bits per heavy atom. The van der Waals surface area contributed by atoms with Crippen LogP contribution in [0.25, 0.3) is 11.0 Å². The van der Waals surface area contributed by atoms with Gasteiger partial charge in [0, 0.05) is 29.2 Å². The molecule has 0 bridgehead atoms. The summed E-state index contributed by atoms with van der Waals surface area (Å²) in [5.41, 5.74) is 3.59. The minimum atomic E-state index is -4.46. The molecule has 3 rings (SSSR count). The molecule has 0 radical (unpaired) electrons. The molecule has 2 heterocycles. The third-order valence-corrected chi connectivity index (χ3v) is 5.69. The van der Waals surface area contributed by atoms with E-state index in [4.69, 9.17) is 0 Å². The maximum Gasteiger partial charge on any atom is 0.406 e. The van der Waals surface area contributed by atoms with Crippen LogP contribution in [-0.4, -0.2) is 21.8 Å². The van der Waals surface area contributed by atoms with E-state index in [2.05, 4.69) is 9.71 Å². The lowest BCUT2D eigenvalue weighted by Gasteiger charge is -2.23. The molecule has 4 nitrogen and oxygen atoms in total. The zero-order valence-electron chi connectivity index (χ0n) is 15.6. The van der Waals surface area contributed by atoms with E-state index in [0.29, 0.717) is 16.6 Å². The lowest BCUT2D eigenvalue weighted by atomic mass is 10.1. The summed E-state index contributed by atoms with van der Waals surface area (Å²) < 4.78 is 45.0. The van der Waals surface area contributed by atoms with Gasteiger partial charge in [0.2, 0.25) is 0 Å². The average molecular weight is 404 g/mol. The number of alkyl halides is 3. The second kappa shape index (κ2) is 7.86. The number of nitriles is 1. The number of hydrogen-bond acceptors (Lipinski definition) is 4. The van der Waals surface area contributed by atoms with Crippen molar-refractivity contribution in [3.8, 4) is 6.07 Å². The van der Waals surface area contributed by atoms with E-state index >= 15 is 0 Å². The Hall–Kier alpha value is -2.50. The number of fused-ring (bicyclic) bond motifs is 1. The SMILES string of the molecule is Cc1cc(C)c(SNC(Cn2cc(C#N)c3cccnc32)C(F)(F)F)c(C)c1. The molecule has 8 heteroatoms. The maximum absolute atomic E-state index is 13.7. The first-order valence-corrected chi connectivity index (χ1v) is 9.43. The second-order valence-corrected chi connectivity index (χ2v) is 7.57. The third kappa shape index (κ3) is 4.16. The van der Waals surface area contributed by atoms with E-state index in [1.165, 1.54) is 17.0 Å². The number of benzene rings is 1. The predicted octanol–water partition coefficient (Wildman–Crippen LogP) is 5.06. The highest BCUT2D eigenvalue weighted by Crippen LogP contribution is 2.30. The maximum atomic E-state index is 13.7. The molecule has 28 heavy (non-hydrogen) atoms. The van der Waals surface area contributed by atoms with Gasteiger partial charge in [-0.1, -0.05) is 17.7 Å². The van der Waals surface area contributed by atoms with Crippen molar-refractivity contribution >= 4 is 23.0 Å². The van der Waals surface area contributed by atoms with Crippen LogP contribution in [0.2, 0.25) is 0 Å². The predicted molar refractivity (Wildman–Crippen MR) is 104 cm³/mol. The van der Waals surface area contributed by atoms with Gasteiger partial charge in [0.15, 0.2) is 0 Å². The summed E-state index contributed by atoms with van der Waals surface area (Å²) in [7, 11) is 0. The molecule has 0 aliphatic heterocycles. The summed E-state index contributed by atoms with van der Waals surface area (Å²) >= 11 is 0.986. The first-order valence-electron chi connectivity index (χ1n) is 8.61. The number of rotatable bonds is 5. The van der Waals surface area contributed by atoms with Gasteiger partial charge in [-0.3, -0.25) is 0 Å². The monoisotopic (exact) mass is 404 g/mol. The van der Waals surface area contributed by atoms with Gasteiger partial charge in [0.25, 0.3) is 0 Å². The Labute approximate surface area is 165 Å². The van der Waals surface area contributed by atoms with Gasteiger partial charge in [0.1, 0.15) is 17.8 Å². The molecule has 0 aliphatic carbocycles. The Morgan fingerprint density at radius 2 is 1.93 bits per heavy atom. The van der Waals surface area contributed by atoms with Crippen LogP contribution in [0.15, 0.2) is 41.6 Å². The molecule has 146 valence electrons. The van der Waals surface area contributed by atoms with E-state index in [0.717, 1.165) is 33.5 Å². The standard InChI is InChI=1S/C20H19F3N4S/c1-12-7-13(2)18(14(3)8-12)28-26-17(20(21,22)23)11-27-10-15(9-24)16-5-4-6-25-19(16)27/h4-8,10,17,26H,11H2,1-3H3. The highest BCUT2D eigenvalue weighted by Gasteiger charge is 2.40. The highest BCUT2D eigenvalue weighted by atomic mass is 32.2. The molecule has 1 atom stereocenters. The smallest absolute Gasteiger partial charge is 0.329 e. The Balaban J connectivity index is 1.88. The van der Waals surface area contributed by atoms with Crippen molar-refractivity contribution in [3.05, 3.63) is 58.9 Å². The van der Waals surface area contributed by atoms with Gasteiger partial charge in [-0.2, -0.15) is 18.4 Å². The first-order chi connectivity index (χ1) is 13.2. The molecule has 0 spiro atoms. The molecule has 0 aliphatic rings. The van der Waals surface area contributed by atoms with Gasteiger partial charge >= 0.3 is 6.18 Å². The fraction of sp³-hybridized carbons (Fsp3) is 0.300. The number of pyridine rings is 1. The fourth-order valence-electron chi connectivity index (χ4n) is 3.21. The molecule has 0 fully saturated rings.